The van der Waals surface area contributed by atoms with Crippen LogP contribution in [0.5, 0.6) is 5.75 Å². The minimum Gasteiger partial charge on any atom is -0.506 e. The maximum absolute atomic E-state index is 12.4. The van der Waals surface area contributed by atoms with Gasteiger partial charge >= 0.3 is 0 Å². The summed E-state index contributed by atoms with van der Waals surface area (Å²) in [5, 5.41) is 23.2. The van der Waals surface area contributed by atoms with Crippen LogP contribution in [-0.4, -0.2) is 42.7 Å². The maximum atomic E-state index is 12.4. The van der Waals surface area contributed by atoms with Gasteiger partial charge in [0.2, 0.25) is 0 Å². The molecule has 2 aromatic carbocycles. The zero-order chi connectivity index (χ0) is 24.1. The zero-order valence-corrected chi connectivity index (χ0v) is 22.8. The quantitative estimate of drug-likeness (QED) is 0.152. The number of amides is 1. The van der Waals surface area contributed by atoms with E-state index in [9.17, 15) is 9.90 Å². The van der Waals surface area contributed by atoms with E-state index >= 15 is 0 Å². The van der Waals surface area contributed by atoms with Crippen molar-refractivity contribution in [3.63, 3.8) is 0 Å². The Hall–Kier alpha value is -2.54. The number of carbonyl (C=O) groups is 1. The van der Waals surface area contributed by atoms with Gasteiger partial charge in [-0.05, 0) is 64.5 Å². The van der Waals surface area contributed by atoms with E-state index in [1.165, 1.54) is 18.0 Å². The predicted octanol–water partition coefficient (Wildman–Crippen LogP) is 5.56. The Morgan fingerprint density at radius 3 is 2.65 bits per heavy atom. The number of hydrazone groups is 1. The number of aromatic hydroxyl groups is 1. The van der Waals surface area contributed by atoms with Crippen LogP contribution in [0.15, 0.2) is 84.6 Å². The van der Waals surface area contributed by atoms with Gasteiger partial charge in [0.1, 0.15) is 5.75 Å². The monoisotopic (exact) mass is 664 g/mol. The molecule has 2 aromatic heterocycles. The van der Waals surface area contributed by atoms with E-state index in [4.69, 9.17) is 0 Å². The zero-order valence-electron chi connectivity index (χ0n) is 17.2. The van der Waals surface area contributed by atoms with Gasteiger partial charge in [0, 0.05) is 38.2 Å². The molecule has 2 N–H and O–H groups in total. The SMILES string of the molecule is O=C(CSc1nnc(-c2cccnc2)n1-c1ccc(Br)cc1)NN=Cc1cc(Br)cc(Br)c1O. The molecule has 1 amide bonds. The molecule has 0 bridgehead atoms. The fraction of sp³-hybridized carbons (Fsp3) is 0.0455. The van der Waals surface area contributed by atoms with Gasteiger partial charge in [-0.3, -0.25) is 14.3 Å². The third kappa shape index (κ3) is 5.93. The lowest BCUT2D eigenvalue weighted by molar-refractivity contribution is -0.118. The molecule has 12 heteroatoms. The van der Waals surface area contributed by atoms with Crippen LogP contribution in [0.4, 0.5) is 0 Å². The molecule has 0 aliphatic heterocycles. The summed E-state index contributed by atoms with van der Waals surface area (Å²) in [6.07, 6.45) is 4.78. The predicted molar refractivity (Wildman–Crippen MR) is 142 cm³/mol. The number of nitrogens with one attached hydrogen (secondary N) is 1. The molecule has 8 nitrogen and oxygen atoms in total. The normalized spacial score (nSPS) is 11.1. The molecule has 0 aliphatic carbocycles. The topological polar surface area (TPSA) is 105 Å². The number of rotatable bonds is 7. The van der Waals surface area contributed by atoms with Crippen molar-refractivity contribution in [3.05, 3.63) is 79.9 Å². The number of aromatic nitrogens is 4. The number of pyridine rings is 1. The Labute approximate surface area is 224 Å². The van der Waals surface area contributed by atoms with Crippen LogP contribution in [0.1, 0.15) is 5.56 Å². The fourth-order valence-corrected chi connectivity index (χ4v) is 5.16. The van der Waals surface area contributed by atoms with Crippen LogP contribution in [0.2, 0.25) is 0 Å². The van der Waals surface area contributed by atoms with Gasteiger partial charge in [0.25, 0.3) is 5.91 Å². The largest absolute Gasteiger partial charge is 0.506 e. The minimum absolute atomic E-state index is 0.0288. The number of nitrogens with zero attached hydrogens (tertiary/aromatic N) is 5. The first-order chi connectivity index (χ1) is 16.4. The number of hydrogen-bond acceptors (Lipinski definition) is 7. The average Bonchev–Trinajstić information content (AvgIpc) is 3.26. The molecule has 0 saturated carbocycles. The van der Waals surface area contributed by atoms with Crippen LogP contribution in [-0.2, 0) is 4.79 Å². The van der Waals surface area contributed by atoms with Gasteiger partial charge in [0.05, 0.1) is 16.4 Å². The minimum atomic E-state index is -0.330. The van der Waals surface area contributed by atoms with Crippen LogP contribution in [0, 0.1) is 0 Å². The van der Waals surface area contributed by atoms with Crippen molar-refractivity contribution in [1.82, 2.24) is 25.2 Å². The Morgan fingerprint density at radius 2 is 1.91 bits per heavy atom. The molecule has 4 aromatic rings. The van der Waals surface area contributed by atoms with Crippen molar-refractivity contribution in [1.29, 1.82) is 0 Å². The highest BCUT2D eigenvalue weighted by molar-refractivity contribution is 9.11. The van der Waals surface area contributed by atoms with Crippen LogP contribution in [0.3, 0.4) is 0 Å². The number of phenols is 1. The lowest BCUT2D eigenvalue weighted by atomic mass is 10.2. The van der Waals surface area contributed by atoms with E-state index in [1.54, 1.807) is 24.5 Å². The molecule has 0 unspecified atom stereocenters. The van der Waals surface area contributed by atoms with Crippen molar-refractivity contribution >= 4 is 71.7 Å². The molecule has 0 fully saturated rings. The van der Waals surface area contributed by atoms with Crippen LogP contribution < -0.4 is 5.43 Å². The van der Waals surface area contributed by atoms with Crippen LogP contribution >= 0.6 is 59.6 Å². The molecular formula is C22H15Br3N6O2S. The van der Waals surface area contributed by atoms with Gasteiger partial charge in [-0.2, -0.15) is 5.10 Å². The maximum Gasteiger partial charge on any atom is 0.250 e. The van der Waals surface area contributed by atoms with E-state index in [0.717, 1.165) is 20.2 Å². The third-order valence-corrected chi connectivity index (χ3v) is 6.94. The third-order valence-electron chi connectivity index (χ3n) is 4.42. The number of thioether (sulfide) groups is 1. The van der Waals surface area contributed by atoms with E-state index in [-0.39, 0.29) is 17.4 Å². The highest BCUT2D eigenvalue weighted by Crippen LogP contribution is 2.31. The lowest BCUT2D eigenvalue weighted by Crippen LogP contribution is -2.20. The second-order valence-corrected chi connectivity index (χ2v) is 10.4. The molecule has 0 atom stereocenters. The first-order valence-corrected chi connectivity index (χ1v) is 13.0. The molecule has 0 radical (unpaired) electrons. The van der Waals surface area contributed by atoms with Crippen molar-refractivity contribution < 1.29 is 9.90 Å². The molecule has 0 saturated heterocycles. The Kier molecular flexibility index (Phi) is 8.14. The smallest absolute Gasteiger partial charge is 0.250 e. The van der Waals surface area contributed by atoms with E-state index < -0.39 is 0 Å². The average molecular weight is 667 g/mol. The Bertz CT molecular complexity index is 1350. The van der Waals surface area contributed by atoms with E-state index in [0.29, 0.717) is 21.0 Å². The number of halogens is 3. The van der Waals surface area contributed by atoms with Crippen molar-refractivity contribution in [2.75, 3.05) is 5.75 Å². The Balaban J connectivity index is 1.50. The summed E-state index contributed by atoms with van der Waals surface area (Å²) in [4.78, 5) is 16.6. The summed E-state index contributed by atoms with van der Waals surface area (Å²) < 4.78 is 4.10. The summed E-state index contributed by atoms with van der Waals surface area (Å²) >= 11 is 11.3. The van der Waals surface area contributed by atoms with Crippen molar-refractivity contribution in [2.45, 2.75) is 5.16 Å². The van der Waals surface area contributed by atoms with Gasteiger partial charge in [-0.1, -0.05) is 43.6 Å². The second-order valence-electron chi connectivity index (χ2n) is 6.77. The molecule has 34 heavy (non-hydrogen) atoms. The fourth-order valence-electron chi connectivity index (χ4n) is 2.89. The first kappa shape index (κ1) is 24.6. The van der Waals surface area contributed by atoms with E-state index in [2.05, 4.69) is 73.5 Å². The summed E-state index contributed by atoms with van der Waals surface area (Å²) in [5.41, 5.74) is 4.57. The standard InChI is InChI=1S/C22H15Br3N6O2S/c23-15-3-5-17(6-4-15)31-21(13-2-1-7-26-10-13)29-30-22(31)34-12-19(32)28-27-11-14-8-16(24)9-18(25)20(14)33/h1-11,33H,12H2,(H,28,32). The summed E-state index contributed by atoms with van der Waals surface area (Å²) in [6.45, 7) is 0. The highest BCUT2D eigenvalue weighted by atomic mass is 79.9. The molecule has 4 rings (SSSR count). The van der Waals surface area contributed by atoms with Gasteiger partial charge in [0.15, 0.2) is 11.0 Å². The first-order valence-electron chi connectivity index (χ1n) is 9.67. The summed E-state index contributed by atoms with van der Waals surface area (Å²) in [6, 6.07) is 14.8. The summed E-state index contributed by atoms with van der Waals surface area (Å²) in [7, 11) is 0. The van der Waals surface area contributed by atoms with Crippen molar-refractivity contribution in [2.24, 2.45) is 5.10 Å². The van der Waals surface area contributed by atoms with Crippen LogP contribution in [0.25, 0.3) is 17.1 Å². The molecular weight excluding hydrogens is 652 g/mol. The number of benzene rings is 2. The Morgan fingerprint density at radius 1 is 1.12 bits per heavy atom. The number of hydrogen-bond donors (Lipinski definition) is 2. The van der Waals surface area contributed by atoms with Gasteiger partial charge in [-0.25, -0.2) is 5.43 Å². The molecule has 2 heterocycles. The van der Waals surface area contributed by atoms with Crippen molar-refractivity contribution in [3.8, 4) is 22.8 Å². The second kappa shape index (κ2) is 11.3. The lowest BCUT2D eigenvalue weighted by Gasteiger charge is -2.10. The van der Waals surface area contributed by atoms with E-state index in [1.807, 2.05) is 41.0 Å². The molecule has 0 spiro atoms. The van der Waals surface area contributed by atoms with Gasteiger partial charge < -0.3 is 5.11 Å². The highest BCUT2D eigenvalue weighted by Gasteiger charge is 2.17. The number of phenolic OH excluding ortho intramolecular Hbond substituents is 1. The summed E-state index contributed by atoms with van der Waals surface area (Å²) in [5.74, 6) is 0.379. The number of carbonyl (C=O) groups excluding carboxylic acids is 1. The molecule has 0 aliphatic rings. The molecule has 172 valence electrons. The van der Waals surface area contributed by atoms with Gasteiger partial charge in [-0.15, -0.1) is 10.2 Å².